The van der Waals surface area contributed by atoms with E-state index in [1.807, 2.05) is 58.3 Å². The summed E-state index contributed by atoms with van der Waals surface area (Å²) in [5.41, 5.74) is 3.48. The second-order valence-electron chi connectivity index (χ2n) is 13.8. The molecule has 0 saturated carbocycles. The van der Waals surface area contributed by atoms with Crippen LogP contribution in [0.5, 0.6) is 0 Å². The fraction of sp³-hybridized carbons (Fsp3) is 0.556. The summed E-state index contributed by atoms with van der Waals surface area (Å²) in [6, 6.07) is 15.5. The first-order chi connectivity index (χ1) is 22.2. The molecule has 0 bridgehead atoms. The fourth-order valence-corrected chi connectivity index (χ4v) is 7.36. The molecule has 6 rings (SSSR count). The second-order valence-corrected chi connectivity index (χ2v) is 13.8. The summed E-state index contributed by atoms with van der Waals surface area (Å²) in [6.45, 7) is 6.09. The number of benzene rings is 2. The molecule has 0 aromatic heterocycles. The van der Waals surface area contributed by atoms with Gasteiger partial charge in [0.1, 0.15) is 0 Å². The average molecular weight is 629 g/mol. The summed E-state index contributed by atoms with van der Waals surface area (Å²) < 4.78 is 0. The van der Waals surface area contributed by atoms with Crippen LogP contribution in [0.1, 0.15) is 38.5 Å². The van der Waals surface area contributed by atoms with E-state index in [1.165, 1.54) is 0 Å². The first-order valence-corrected chi connectivity index (χ1v) is 17.0. The molecule has 4 aliphatic rings. The van der Waals surface area contributed by atoms with Crippen molar-refractivity contribution >= 4 is 35.0 Å². The Morgan fingerprint density at radius 2 is 0.826 bits per heavy atom. The zero-order valence-corrected chi connectivity index (χ0v) is 27.2. The van der Waals surface area contributed by atoms with E-state index in [4.69, 9.17) is 0 Å². The maximum Gasteiger partial charge on any atom is 0.229 e. The van der Waals surface area contributed by atoms with Crippen molar-refractivity contribution in [1.82, 2.24) is 19.6 Å². The van der Waals surface area contributed by atoms with Crippen molar-refractivity contribution in [2.45, 2.75) is 38.5 Å². The lowest BCUT2D eigenvalue weighted by molar-refractivity contribution is -0.137. The van der Waals surface area contributed by atoms with Gasteiger partial charge in [0.15, 0.2) is 0 Å². The molecule has 2 aromatic carbocycles. The standard InChI is InChI=1S/C36H48N6O4/c1-39-17-11-27(12-18-39)35(45)41-21-15-29(23-41)33(43)37-31-7-3-25(4-8-31)26-5-9-32(10-6-26)38-34(44)30-16-22-42(24-30)36(46)28-13-19-40(2)20-14-28/h3-10,27-30H,11-24H2,1-2H3,(H,37,43)(H,38,44)/t29-,30-/m0/s1. The van der Waals surface area contributed by atoms with E-state index in [0.29, 0.717) is 39.0 Å². The smallest absolute Gasteiger partial charge is 0.229 e. The third-order valence-corrected chi connectivity index (χ3v) is 10.5. The van der Waals surface area contributed by atoms with Gasteiger partial charge in [0.25, 0.3) is 0 Å². The topological polar surface area (TPSA) is 105 Å². The summed E-state index contributed by atoms with van der Waals surface area (Å²) in [4.78, 5) is 60.2. The number of hydrogen-bond donors (Lipinski definition) is 2. The molecule has 0 radical (unpaired) electrons. The van der Waals surface area contributed by atoms with Gasteiger partial charge in [0.05, 0.1) is 11.8 Å². The van der Waals surface area contributed by atoms with E-state index in [9.17, 15) is 19.2 Å². The van der Waals surface area contributed by atoms with E-state index < -0.39 is 0 Å². The van der Waals surface area contributed by atoms with Gasteiger partial charge in [-0.2, -0.15) is 0 Å². The average Bonchev–Trinajstić information content (AvgIpc) is 3.77. The zero-order valence-electron chi connectivity index (χ0n) is 27.2. The third kappa shape index (κ3) is 7.61. The first kappa shape index (κ1) is 32.2. The highest BCUT2D eigenvalue weighted by atomic mass is 16.2. The Morgan fingerprint density at radius 1 is 0.500 bits per heavy atom. The lowest BCUT2D eigenvalue weighted by Crippen LogP contribution is -2.41. The van der Waals surface area contributed by atoms with E-state index in [2.05, 4.69) is 34.5 Å². The highest BCUT2D eigenvalue weighted by Crippen LogP contribution is 2.28. The minimum atomic E-state index is -0.190. The number of anilines is 2. The number of amides is 4. The zero-order chi connectivity index (χ0) is 32.2. The molecule has 4 fully saturated rings. The summed E-state index contributed by atoms with van der Waals surface area (Å²) in [7, 11) is 4.18. The van der Waals surface area contributed by atoms with Crippen LogP contribution in [0, 0.1) is 23.7 Å². The van der Waals surface area contributed by atoms with E-state index in [1.54, 1.807) is 0 Å². The molecule has 4 amide bonds. The summed E-state index contributed by atoms with van der Waals surface area (Å²) in [6.07, 6.45) is 4.98. The number of nitrogens with one attached hydrogen (secondary N) is 2. The van der Waals surface area contributed by atoms with Crippen molar-refractivity contribution < 1.29 is 19.2 Å². The molecule has 10 nitrogen and oxygen atoms in total. The summed E-state index contributed by atoms with van der Waals surface area (Å²) >= 11 is 0. The number of likely N-dealkylation sites (tertiary alicyclic amines) is 4. The summed E-state index contributed by atoms with van der Waals surface area (Å²) in [5, 5.41) is 6.08. The predicted molar refractivity (Wildman–Crippen MR) is 179 cm³/mol. The Balaban J connectivity index is 0.954. The van der Waals surface area contributed by atoms with E-state index in [0.717, 1.165) is 74.4 Å². The number of carbonyl (C=O) groups excluding carboxylic acids is 4. The van der Waals surface area contributed by atoms with E-state index >= 15 is 0 Å². The van der Waals surface area contributed by atoms with Crippen LogP contribution in [0.4, 0.5) is 11.4 Å². The van der Waals surface area contributed by atoms with Gasteiger partial charge in [-0.1, -0.05) is 24.3 Å². The molecule has 246 valence electrons. The van der Waals surface area contributed by atoms with Crippen molar-refractivity contribution in [1.29, 1.82) is 0 Å². The molecule has 4 saturated heterocycles. The van der Waals surface area contributed by atoms with E-state index in [-0.39, 0.29) is 47.3 Å². The minimum Gasteiger partial charge on any atom is -0.342 e. The maximum atomic E-state index is 13.0. The number of piperidine rings is 2. The molecule has 4 heterocycles. The van der Waals surface area contributed by atoms with Crippen LogP contribution in [0.15, 0.2) is 48.5 Å². The van der Waals surface area contributed by atoms with Crippen LogP contribution < -0.4 is 10.6 Å². The Hall–Kier alpha value is -3.76. The van der Waals surface area contributed by atoms with Gasteiger partial charge in [-0.3, -0.25) is 19.2 Å². The molecule has 2 N–H and O–H groups in total. The van der Waals surface area contributed by atoms with Crippen molar-refractivity contribution in [3.05, 3.63) is 48.5 Å². The molecule has 0 aliphatic carbocycles. The highest BCUT2D eigenvalue weighted by Gasteiger charge is 2.36. The number of hydrogen-bond acceptors (Lipinski definition) is 6. The van der Waals surface area contributed by atoms with Crippen molar-refractivity contribution in [3.8, 4) is 11.1 Å². The van der Waals surface area contributed by atoms with Gasteiger partial charge >= 0.3 is 0 Å². The Labute approximate surface area is 272 Å². The Morgan fingerprint density at radius 3 is 1.17 bits per heavy atom. The number of nitrogens with zero attached hydrogens (tertiary/aromatic N) is 4. The lowest BCUT2D eigenvalue weighted by atomic mass is 9.96. The molecule has 46 heavy (non-hydrogen) atoms. The molecule has 2 atom stereocenters. The third-order valence-electron chi connectivity index (χ3n) is 10.5. The van der Waals surface area contributed by atoms with Crippen LogP contribution >= 0.6 is 0 Å². The largest absolute Gasteiger partial charge is 0.342 e. The van der Waals surface area contributed by atoms with Crippen molar-refractivity contribution in [3.63, 3.8) is 0 Å². The molecule has 0 unspecified atom stereocenters. The van der Waals surface area contributed by atoms with Crippen molar-refractivity contribution in [2.24, 2.45) is 23.7 Å². The maximum absolute atomic E-state index is 13.0. The SMILES string of the molecule is CN1CCC(C(=O)N2CC[C@H](C(=O)Nc3ccc(-c4ccc(NC(=O)[C@H]5CCN(C(=O)C6CCN(C)CC6)C5)cc4)cc3)C2)CC1. The molecule has 2 aromatic rings. The predicted octanol–water partition coefficient (Wildman–Crippen LogP) is 3.61. The molecule has 10 heteroatoms. The van der Waals surface area contributed by atoms with Gasteiger partial charge < -0.3 is 30.2 Å². The van der Waals surface area contributed by atoms with Crippen LogP contribution in [0.2, 0.25) is 0 Å². The number of rotatable bonds is 7. The second kappa shape index (κ2) is 14.3. The van der Waals surface area contributed by atoms with Gasteiger partial charge in [-0.15, -0.1) is 0 Å². The highest BCUT2D eigenvalue weighted by molar-refractivity contribution is 5.95. The lowest BCUT2D eigenvalue weighted by Gasteiger charge is -2.30. The monoisotopic (exact) mass is 628 g/mol. The normalized spacial score (nSPS) is 23.4. The summed E-state index contributed by atoms with van der Waals surface area (Å²) in [5.74, 6) is 0.122. The first-order valence-electron chi connectivity index (χ1n) is 17.0. The van der Waals surface area contributed by atoms with Gasteiger partial charge in [0, 0.05) is 49.4 Å². The van der Waals surface area contributed by atoms with Crippen LogP contribution in [-0.4, -0.2) is 110 Å². The molecule has 4 aliphatic heterocycles. The van der Waals surface area contributed by atoms with Crippen molar-refractivity contribution in [2.75, 3.05) is 77.1 Å². The Kier molecular flexibility index (Phi) is 10.0. The quantitative estimate of drug-likeness (QED) is 0.486. The molecular formula is C36H48N6O4. The minimum absolute atomic E-state index is 0.0388. The van der Waals surface area contributed by atoms with Gasteiger partial charge in [0.2, 0.25) is 23.6 Å². The molecular weight excluding hydrogens is 580 g/mol. The molecule has 0 spiro atoms. The number of carbonyl (C=O) groups is 4. The van der Waals surface area contributed by atoms with Crippen LogP contribution in [0.3, 0.4) is 0 Å². The van der Waals surface area contributed by atoms with Gasteiger partial charge in [-0.05, 0) is 114 Å². The fourth-order valence-electron chi connectivity index (χ4n) is 7.36. The van der Waals surface area contributed by atoms with Crippen LogP contribution in [0.25, 0.3) is 11.1 Å². The van der Waals surface area contributed by atoms with Gasteiger partial charge in [-0.25, -0.2) is 0 Å². The van der Waals surface area contributed by atoms with Crippen LogP contribution in [-0.2, 0) is 19.2 Å². The Bertz CT molecular complexity index is 1290.